The largest absolute Gasteiger partial charge is 0.334 e. The Balaban J connectivity index is 1.38. The highest BCUT2D eigenvalue weighted by atomic mass is 79.9. The fraction of sp³-hybridized carbons (Fsp3) is 0.250. The lowest BCUT2D eigenvalue weighted by atomic mass is 9.95. The third-order valence-electron chi connectivity index (χ3n) is 6.31. The molecule has 0 unspecified atom stereocenters. The van der Waals surface area contributed by atoms with Gasteiger partial charge in [0.1, 0.15) is 0 Å². The van der Waals surface area contributed by atoms with Gasteiger partial charge in [0.25, 0.3) is 0 Å². The SMILES string of the molecule is O=C(Nc1ccc(Cl)c(Cl)c1)C1CCN(C(=O)C(=O)N(Cc2ccccc2)Cc2ccc(Br)cc2)CC1. The van der Waals surface area contributed by atoms with E-state index >= 15 is 0 Å². The van der Waals surface area contributed by atoms with Gasteiger partial charge >= 0.3 is 11.8 Å². The Bertz CT molecular complexity index is 1260. The smallest absolute Gasteiger partial charge is 0.312 e. The number of nitrogens with one attached hydrogen (secondary N) is 1. The molecular weight excluding hydrogens is 577 g/mol. The van der Waals surface area contributed by atoms with Crippen molar-refractivity contribution < 1.29 is 14.4 Å². The Morgan fingerprint density at radius 1 is 0.865 bits per heavy atom. The molecule has 1 aliphatic rings. The second-order valence-corrected chi connectivity index (χ2v) is 10.7. The van der Waals surface area contributed by atoms with Crippen LogP contribution in [0.2, 0.25) is 10.0 Å². The van der Waals surface area contributed by atoms with Crippen LogP contribution in [0.25, 0.3) is 0 Å². The number of rotatable bonds is 6. The molecule has 1 N–H and O–H groups in total. The van der Waals surface area contributed by atoms with E-state index in [1.54, 1.807) is 28.0 Å². The van der Waals surface area contributed by atoms with E-state index in [9.17, 15) is 14.4 Å². The Hall–Kier alpha value is -2.87. The number of carbonyl (C=O) groups is 3. The number of amides is 3. The number of anilines is 1. The fourth-order valence-corrected chi connectivity index (χ4v) is 4.81. The van der Waals surface area contributed by atoms with Gasteiger partial charge in [-0.25, -0.2) is 0 Å². The van der Waals surface area contributed by atoms with Crippen molar-refractivity contribution in [1.29, 1.82) is 0 Å². The number of nitrogens with zero attached hydrogens (tertiary/aromatic N) is 2. The van der Waals surface area contributed by atoms with Crippen molar-refractivity contribution in [1.82, 2.24) is 9.80 Å². The van der Waals surface area contributed by atoms with Gasteiger partial charge in [0, 0.05) is 42.3 Å². The molecule has 0 aromatic heterocycles. The van der Waals surface area contributed by atoms with Crippen molar-refractivity contribution in [3.63, 3.8) is 0 Å². The molecule has 0 aliphatic carbocycles. The maximum absolute atomic E-state index is 13.4. The third-order valence-corrected chi connectivity index (χ3v) is 7.58. The van der Waals surface area contributed by atoms with E-state index in [0.29, 0.717) is 54.8 Å². The van der Waals surface area contributed by atoms with Crippen LogP contribution >= 0.6 is 39.1 Å². The summed E-state index contributed by atoms with van der Waals surface area (Å²) >= 11 is 15.4. The van der Waals surface area contributed by atoms with Gasteiger partial charge < -0.3 is 15.1 Å². The van der Waals surface area contributed by atoms with Gasteiger partial charge in [0.2, 0.25) is 5.91 Å². The first-order chi connectivity index (χ1) is 17.8. The van der Waals surface area contributed by atoms with Gasteiger partial charge in [-0.05, 0) is 54.3 Å². The minimum atomic E-state index is -0.550. The molecule has 192 valence electrons. The predicted molar refractivity (Wildman–Crippen MR) is 149 cm³/mol. The van der Waals surface area contributed by atoms with E-state index in [1.165, 1.54) is 0 Å². The molecule has 6 nitrogen and oxygen atoms in total. The van der Waals surface area contributed by atoms with E-state index in [1.807, 2.05) is 54.6 Å². The van der Waals surface area contributed by atoms with Crippen molar-refractivity contribution in [3.8, 4) is 0 Å². The van der Waals surface area contributed by atoms with E-state index in [-0.39, 0.29) is 11.8 Å². The monoisotopic (exact) mass is 601 g/mol. The van der Waals surface area contributed by atoms with Crippen LogP contribution in [-0.4, -0.2) is 40.6 Å². The van der Waals surface area contributed by atoms with E-state index in [4.69, 9.17) is 23.2 Å². The molecule has 1 aliphatic heterocycles. The second-order valence-electron chi connectivity index (χ2n) is 8.96. The average Bonchev–Trinajstić information content (AvgIpc) is 2.91. The van der Waals surface area contributed by atoms with Gasteiger partial charge in [-0.1, -0.05) is 81.6 Å². The summed E-state index contributed by atoms with van der Waals surface area (Å²) in [5.41, 5.74) is 2.44. The lowest BCUT2D eigenvalue weighted by Gasteiger charge is -2.32. The Labute approximate surface area is 234 Å². The van der Waals surface area contributed by atoms with E-state index in [2.05, 4.69) is 21.2 Å². The zero-order chi connectivity index (χ0) is 26.4. The molecule has 9 heteroatoms. The summed E-state index contributed by atoms with van der Waals surface area (Å²) in [5.74, 6) is -1.50. The third kappa shape index (κ3) is 7.34. The van der Waals surface area contributed by atoms with Crippen molar-refractivity contribution >= 4 is 62.5 Å². The van der Waals surface area contributed by atoms with Gasteiger partial charge in [-0.15, -0.1) is 0 Å². The molecule has 1 saturated heterocycles. The second kappa shape index (κ2) is 12.6. The standard InChI is InChI=1S/C28H26BrCl2N3O3/c29-22-8-6-20(7-9-22)18-34(17-19-4-2-1-3-5-19)28(37)27(36)33-14-12-21(13-15-33)26(35)32-23-10-11-24(30)25(31)16-23/h1-11,16,21H,12-15,17-18H2,(H,32,35). The predicted octanol–water partition coefficient (Wildman–Crippen LogP) is 6.16. The Kier molecular flexibility index (Phi) is 9.24. The van der Waals surface area contributed by atoms with Gasteiger partial charge in [-0.3, -0.25) is 14.4 Å². The molecule has 3 amide bonds. The molecule has 3 aromatic carbocycles. The lowest BCUT2D eigenvalue weighted by molar-refractivity contribution is -0.153. The average molecular weight is 603 g/mol. The molecule has 3 aromatic rings. The minimum Gasteiger partial charge on any atom is -0.334 e. The first-order valence-electron chi connectivity index (χ1n) is 11.9. The number of hydrogen-bond donors (Lipinski definition) is 1. The lowest BCUT2D eigenvalue weighted by Crippen LogP contribution is -2.48. The van der Waals surface area contributed by atoms with E-state index < -0.39 is 11.8 Å². The summed E-state index contributed by atoms with van der Waals surface area (Å²) < 4.78 is 0.944. The molecule has 37 heavy (non-hydrogen) atoms. The molecule has 0 radical (unpaired) electrons. The summed E-state index contributed by atoms with van der Waals surface area (Å²) in [6.07, 6.45) is 0.940. The Morgan fingerprint density at radius 2 is 1.49 bits per heavy atom. The zero-order valence-corrected chi connectivity index (χ0v) is 23.1. The quantitative estimate of drug-likeness (QED) is 0.343. The van der Waals surface area contributed by atoms with Gasteiger partial charge in [0.15, 0.2) is 0 Å². The van der Waals surface area contributed by atoms with Crippen LogP contribution < -0.4 is 5.32 Å². The highest BCUT2D eigenvalue weighted by molar-refractivity contribution is 9.10. The summed E-state index contributed by atoms with van der Waals surface area (Å²) in [5, 5.41) is 3.64. The van der Waals surface area contributed by atoms with Crippen LogP contribution in [0.1, 0.15) is 24.0 Å². The summed E-state index contributed by atoms with van der Waals surface area (Å²) in [6.45, 7) is 1.31. The van der Waals surface area contributed by atoms with Crippen molar-refractivity contribution in [3.05, 3.63) is 98.4 Å². The maximum Gasteiger partial charge on any atom is 0.312 e. The number of benzene rings is 3. The molecule has 4 rings (SSSR count). The van der Waals surface area contributed by atoms with Crippen LogP contribution in [0.15, 0.2) is 77.3 Å². The van der Waals surface area contributed by atoms with Crippen molar-refractivity contribution in [2.45, 2.75) is 25.9 Å². The molecular formula is C28H26BrCl2N3O3. The number of halogens is 3. The van der Waals surface area contributed by atoms with Crippen LogP contribution in [0.3, 0.4) is 0 Å². The van der Waals surface area contributed by atoms with Crippen LogP contribution in [-0.2, 0) is 27.5 Å². The molecule has 1 fully saturated rings. The fourth-order valence-electron chi connectivity index (χ4n) is 4.25. The minimum absolute atomic E-state index is 0.141. The highest BCUT2D eigenvalue weighted by Crippen LogP contribution is 2.26. The normalized spacial score (nSPS) is 13.8. The first kappa shape index (κ1) is 27.2. The van der Waals surface area contributed by atoms with E-state index in [0.717, 1.165) is 15.6 Å². The maximum atomic E-state index is 13.4. The molecule has 1 heterocycles. The molecule has 0 atom stereocenters. The summed E-state index contributed by atoms with van der Waals surface area (Å²) in [6, 6.07) is 22.2. The van der Waals surface area contributed by atoms with Gasteiger partial charge in [-0.2, -0.15) is 0 Å². The van der Waals surface area contributed by atoms with Crippen LogP contribution in [0.4, 0.5) is 5.69 Å². The summed E-state index contributed by atoms with van der Waals surface area (Å²) in [7, 11) is 0. The molecule has 0 bridgehead atoms. The topological polar surface area (TPSA) is 69.7 Å². The molecule has 0 spiro atoms. The summed E-state index contributed by atoms with van der Waals surface area (Å²) in [4.78, 5) is 42.4. The number of likely N-dealkylation sites (tertiary alicyclic amines) is 1. The van der Waals surface area contributed by atoms with Crippen LogP contribution in [0, 0.1) is 5.92 Å². The van der Waals surface area contributed by atoms with Crippen molar-refractivity contribution in [2.75, 3.05) is 18.4 Å². The molecule has 0 saturated carbocycles. The highest BCUT2D eigenvalue weighted by Gasteiger charge is 2.32. The van der Waals surface area contributed by atoms with Crippen LogP contribution in [0.5, 0.6) is 0 Å². The van der Waals surface area contributed by atoms with Gasteiger partial charge in [0.05, 0.1) is 10.0 Å². The zero-order valence-electron chi connectivity index (χ0n) is 20.0. The number of piperidine rings is 1. The number of carbonyl (C=O) groups excluding carboxylic acids is 3. The van der Waals surface area contributed by atoms with Crippen molar-refractivity contribution in [2.24, 2.45) is 5.92 Å². The first-order valence-corrected chi connectivity index (χ1v) is 13.5. The Morgan fingerprint density at radius 3 is 2.11 bits per heavy atom. The number of hydrogen-bond acceptors (Lipinski definition) is 3.